The fourth-order valence-electron chi connectivity index (χ4n) is 3.93. The van der Waals surface area contributed by atoms with Gasteiger partial charge in [0, 0.05) is 17.8 Å². The molecule has 3 aromatic rings. The van der Waals surface area contributed by atoms with E-state index in [4.69, 9.17) is 0 Å². The molecule has 0 bridgehead atoms. The maximum Gasteiger partial charge on any atom is 0.254 e. The number of carbonyl (C=O) groups is 3. The zero-order valence-corrected chi connectivity index (χ0v) is 18.0. The Balaban J connectivity index is 1.42. The summed E-state index contributed by atoms with van der Waals surface area (Å²) in [5.74, 6) is -1.50. The number of hydrogen-bond acceptors (Lipinski definition) is 3. The van der Waals surface area contributed by atoms with Crippen molar-refractivity contribution in [1.29, 1.82) is 0 Å². The Morgan fingerprint density at radius 1 is 0.909 bits per heavy atom. The van der Waals surface area contributed by atoms with Crippen molar-refractivity contribution in [1.82, 2.24) is 4.90 Å². The highest BCUT2D eigenvalue weighted by Crippen LogP contribution is 2.24. The molecule has 1 aliphatic rings. The molecule has 0 saturated carbocycles. The third-order valence-corrected chi connectivity index (χ3v) is 5.55. The summed E-state index contributed by atoms with van der Waals surface area (Å²) in [6.45, 7) is 0.496. The monoisotopic (exact) mass is 445 g/mol. The lowest BCUT2D eigenvalue weighted by Crippen LogP contribution is -2.43. The molecule has 1 unspecified atom stereocenters. The average molecular weight is 445 g/mol. The number of benzene rings is 3. The molecule has 168 valence electrons. The van der Waals surface area contributed by atoms with Crippen molar-refractivity contribution in [2.24, 2.45) is 0 Å². The number of amides is 3. The fourth-order valence-corrected chi connectivity index (χ4v) is 3.93. The van der Waals surface area contributed by atoms with Crippen LogP contribution in [0.2, 0.25) is 0 Å². The van der Waals surface area contributed by atoms with Gasteiger partial charge in [0.15, 0.2) is 0 Å². The van der Waals surface area contributed by atoms with E-state index in [1.165, 1.54) is 18.2 Å². The Morgan fingerprint density at radius 2 is 1.61 bits per heavy atom. The minimum absolute atomic E-state index is 0.0163. The van der Waals surface area contributed by atoms with Crippen molar-refractivity contribution in [2.75, 3.05) is 17.2 Å². The maximum absolute atomic E-state index is 14.3. The lowest BCUT2D eigenvalue weighted by atomic mass is 10.1. The first-order valence-corrected chi connectivity index (χ1v) is 10.8. The van der Waals surface area contributed by atoms with E-state index in [0.717, 1.165) is 12.0 Å². The molecule has 0 radical (unpaired) electrons. The van der Waals surface area contributed by atoms with Crippen molar-refractivity contribution < 1.29 is 18.8 Å². The highest BCUT2D eigenvalue weighted by molar-refractivity contribution is 6.02. The molecule has 2 N–H and O–H groups in total. The van der Waals surface area contributed by atoms with Crippen LogP contribution < -0.4 is 10.6 Å². The highest BCUT2D eigenvalue weighted by Gasteiger charge is 2.34. The van der Waals surface area contributed by atoms with E-state index < -0.39 is 11.9 Å². The number of nitrogens with zero attached hydrogens (tertiary/aromatic N) is 1. The van der Waals surface area contributed by atoms with Gasteiger partial charge in [0.05, 0.1) is 12.1 Å². The van der Waals surface area contributed by atoms with Crippen molar-refractivity contribution in [3.63, 3.8) is 0 Å². The van der Waals surface area contributed by atoms with E-state index in [2.05, 4.69) is 10.6 Å². The van der Waals surface area contributed by atoms with Gasteiger partial charge < -0.3 is 15.5 Å². The summed E-state index contributed by atoms with van der Waals surface area (Å²) in [6, 6.07) is 21.4. The topological polar surface area (TPSA) is 78.5 Å². The van der Waals surface area contributed by atoms with E-state index in [-0.39, 0.29) is 29.8 Å². The third kappa shape index (κ3) is 5.44. The first-order valence-electron chi connectivity index (χ1n) is 10.8. The SMILES string of the molecule is O=C(Cc1ccccc1)Nc1cc(NC(=O)C2CCCN2C(=O)c2ccccc2)ccc1F. The number of anilines is 2. The van der Waals surface area contributed by atoms with E-state index in [0.29, 0.717) is 24.2 Å². The lowest BCUT2D eigenvalue weighted by Gasteiger charge is -2.24. The van der Waals surface area contributed by atoms with E-state index in [1.54, 1.807) is 29.2 Å². The molecular weight excluding hydrogens is 421 g/mol. The van der Waals surface area contributed by atoms with Crippen LogP contribution in [0.3, 0.4) is 0 Å². The second kappa shape index (κ2) is 10.1. The van der Waals surface area contributed by atoms with Gasteiger partial charge in [-0.2, -0.15) is 0 Å². The highest BCUT2D eigenvalue weighted by atomic mass is 19.1. The van der Waals surface area contributed by atoms with Crippen LogP contribution in [0.15, 0.2) is 78.9 Å². The first kappa shape index (κ1) is 22.2. The second-order valence-corrected chi connectivity index (χ2v) is 7.92. The van der Waals surface area contributed by atoms with Gasteiger partial charge in [0.1, 0.15) is 11.9 Å². The zero-order chi connectivity index (χ0) is 23.2. The summed E-state index contributed by atoms with van der Waals surface area (Å²) >= 11 is 0. The van der Waals surface area contributed by atoms with Gasteiger partial charge in [-0.1, -0.05) is 48.5 Å². The Kier molecular flexibility index (Phi) is 6.78. The Bertz CT molecular complexity index is 1150. The van der Waals surface area contributed by atoms with E-state index in [9.17, 15) is 18.8 Å². The van der Waals surface area contributed by atoms with Crippen LogP contribution in [-0.4, -0.2) is 35.2 Å². The van der Waals surface area contributed by atoms with Crippen LogP contribution in [-0.2, 0) is 16.0 Å². The van der Waals surface area contributed by atoms with Crippen molar-refractivity contribution >= 4 is 29.1 Å². The van der Waals surface area contributed by atoms with Gasteiger partial charge in [-0.25, -0.2) is 4.39 Å². The smallest absolute Gasteiger partial charge is 0.254 e. The number of likely N-dealkylation sites (tertiary alicyclic amines) is 1. The molecular formula is C26H24FN3O3. The summed E-state index contributed by atoms with van der Waals surface area (Å²) in [5, 5.41) is 5.32. The van der Waals surface area contributed by atoms with Crippen LogP contribution in [0.4, 0.5) is 15.8 Å². The summed E-state index contributed by atoms with van der Waals surface area (Å²) < 4.78 is 14.3. The van der Waals surface area contributed by atoms with Crippen LogP contribution >= 0.6 is 0 Å². The molecule has 0 aliphatic carbocycles. The normalized spacial score (nSPS) is 15.2. The lowest BCUT2D eigenvalue weighted by molar-refractivity contribution is -0.119. The standard InChI is InChI=1S/C26H24FN3O3/c27-21-14-13-20(17-22(21)29-24(31)16-18-8-3-1-4-9-18)28-25(32)23-12-7-15-30(23)26(33)19-10-5-2-6-11-19/h1-6,8-11,13-14,17,23H,7,12,15-16H2,(H,28,32)(H,29,31). The number of carbonyl (C=O) groups excluding carboxylic acids is 3. The van der Waals surface area contributed by atoms with Gasteiger partial charge in [0.2, 0.25) is 11.8 Å². The molecule has 6 nitrogen and oxygen atoms in total. The molecule has 1 fully saturated rings. The van der Waals surface area contributed by atoms with Gasteiger partial charge in [-0.3, -0.25) is 14.4 Å². The molecule has 0 spiro atoms. The number of nitrogens with one attached hydrogen (secondary N) is 2. The Morgan fingerprint density at radius 3 is 2.33 bits per heavy atom. The summed E-state index contributed by atoms with van der Waals surface area (Å²) in [7, 11) is 0. The van der Waals surface area contributed by atoms with E-state index >= 15 is 0 Å². The van der Waals surface area contributed by atoms with Gasteiger partial charge in [0.25, 0.3) is 5.91 Å². The molecule has 4 rings (SSSR count). The Labute approximate surface area is 191 Å². The second-order valence-electron chi connectivity index (χ2n) is 7.92. The number of halogens is 1. The summed E-state index contributed by atoms with van der Waals surface area (Å²) in [5.41, 5.74) is 1.67. The number of hydrogen-bond donors (Lipinski definition) is 2. The molecule has 1 saturated heterocycles. The first-order chi connectivity index (χ1) is 16.0. The summed E-state index contributed by atoms with van der Waals surface area (Å²) in [6.07, 6.45) is 1.38. The predicted molar refractivity (Wildman–Crippen MR) is 124 cm³/mol. The van der Waals surface area contributed by atoms with Gasteiger partial charge in [-0.05, 0) is 48.7 Å². The van der Waals surface area contributed by atoms with Crippen LogP contribution in [0.5, 0.6) is 0 Å². The molecule has 1 heterocycles. The number of rotatable bonds is 6. The van der Waals surface area contributed by atoms with Crippen molar-refractivity contribution in [3.8, 4) is 0 Å². The average Bonchev–Trinajstić information content (AvgIpc) is 3.32. The fraction of sp³-hybridized carbons (Fsp3) is 0.192. The minimum atomic E-state index is -0.612. The zero-order valence-electron chi connectivity index (χ0n) is 18.0. The Hall–Kier alpha value is -4.00. The van der Waals surface area contributed by atoms with Crippen molar-refractivity contribution in [2.45, 2.75) is 25.3 Å². The summed E-state index contributed by atoms with van der Waals surface area (Å²) in [4.78, 5) is 39.7. The van der Waals surface area contributed by atoms with Crippen LogP contribution in [0, 0.1) is 5.82 Å². The molecule has 7 heteroatoms. The van der Waals surface area contributed by atoms with Gasteiger partial charge in [-0.15, -0.1) is 0 Å². The third-order valence-electron chi connectivity index (χ3n) is 5.55. The van der Waals surface area contributed by atoms with Gasteiger partial charge >= 0.3 is 0 Å². The van der Waals surface area contributed by atoms with Crippen LogP contribution in [0.25, 0.3) is 0 Å². The largest absolute Gasteiger partial charge is 0.327 e. The quantitative estimate of drug-likeness (QED) is 0.595. The molecule has 33 heavy (non-hydrogen) atoms. The predicted octanol–water partition coefficient (Wildman–Crippen LogP) is 4.25. The van der Waals surface area contributed by atoms with Crippen molar-refractivity contribution in [3.05, 3.63) is 95.8 Å². The molecule has 1 atom stereocenters. The minimum Gasteiger partial charge on any atom is -0.327 e. The maximum atomic E-state index is 14.3. The molecule has 3 aromatic carbocycles. The molecule has 1 aliphatic heterocycles. The van der Waals surface area contributed by atoms with E-state index in [1.807, 2.05) is 36.4 Å². The molecule has 0 aromatic heterocycles. The van der Waals surface area contributed by atoms with Crippen LogP contribution in [0.1, 0.15) is 28.8 Å². The molecule has 3 amide bonds.